The number of nitrogens with one attached hydrogen (secondary N) is 1. The maximum Gasteiger partial charge on any atom is 0.223 e. The van der Waals surface area contributed by atoms with E-state index in [4.69, 9.17) is 4.74 Å². The third-order valence-corrected chi connectivity index (χ3v) is 5.02. The zero-order valence-electron chi connectivity index (χ0n) is 14.6. The van der Waals surface area contributed by atoms with Crippen molar-refractivity contribution >= 4 is 5.91 Å². The predicted molar refractivity (Wildman–Crippen MR) is 88.2 cm³/mol. The van der Waals surface area contributed by atoms with Crippen LogP contribution in [0.5, 0.6) is 0 Å². The van der Waals surface area contributed by atoms with Crippen LogP contribution in [0.15, 0.2) is 0 Å². The largest absolute Gasteiger partial charge is 0.390 e. The number of hydrogen-bond acceptors (Lipinski definition) is 4. The van der Waals surface area contributed by atoms with Crippen molar-refractivity contribution in [3.8, 4) is 0 Å². The molecule has 1 aliphatic rings. The van der Waals surface area contributed by atoms with Crippen LogP contribution >= 0.6 is 0 Å². The molecular weight excluding hydrogens is 294 g/mol. The quantitative estimate of drug-likeness (QED) is 0.778. The molecule has 0 aromatic carbocycles. The van der Waals surface area contributed by atoms with Gasteiger partial charge >= 0.3 is 0 Å². The van der Waals surface area contributed by atoms with E-state index in [0.29, 0.717) is 19.4 Å². The van der Waals surface area contributed by atoms with Gasteiger partial charge in [0.2, 0.25) is 5.91 Å². The van der Waals surface area contributed by atoms with Crippen LogP contribution in [-0.2, 0) is 16.1 Å². The molecule has 1 fully saturated rings. The van der Waals surface area contributed by atoms with Gasteiger partial charge in [0.15, 0.2) is 0 Å². The number of carbonyl (C=O) groups is 1. The van der Waals surface area contributed by atoms with Crippen molar-refractivity contribution in [3.63, 3.8) is 0 Å². The summed E-state index contributed by atoms with van der Waals surface area (Å²) in [4.78, 5) is 12.2. The third-order valence-electron chi connectivity index (χ3n) is 5.02. The monoisotopic (exact) mass is 323 g/mol. The Morgan fingerprint density at radius 2 is 2.13 bits per heavy atom. The second-order valence-corrected chi connectivity index (χ2v) is 6.52. The standard InChI is InChI=1S/C17H29N3O3/c1-11-12(2)19-20(13(11)3)9-5-8-18-17(22)14-6-7-15(21)16(10-14)23-4/h14-16,21H,5-10H2,1-4H3,(H,18,22)/t14-,15+,16-/m1/s1. The fraction of sp³-hybridized carbons (Fsp3) is 0.765. The molecule has 130 valence electrons. The molecule has 0 aliphatic heterocycles. The minimum absolute atomic E-state index is 0.0562. The normalized spacial score (nSPS) is 24.7. The van der Waals surface area contributed by atoms with Crippen LogP contribution in [0.25, 0.3) is 0 Å². The minimum Gasteiger partial charge on any atom is -0.390 e. The summed E-state index contributed by atoms with van der Waals surface area (Å²) < 4.78 is 7.26. The molecule has 0 radical (unpaired) electrons. The van der Waals surface area contributed by atoms with E-state index < -0.39 is 6.10 Å². The Labute approximate surface area is 138 Å². The average molecular weight is 323 g/mol. The highest BCUT2D eigenvalue weighted by Gasteiger charge is 2.32. The second-order valence-electron chi connectivity index (χ2n) is 6.52. The molecule has 6 heteroatoms. The highest BCUT2D eigenvalue weighted by molar-refractivity contribution is 5.78. The number of aromatic nitrogens is 2. The van der Waals surface area contributed by atoms with E-state index in [-0.39, 0.29) is 17.9 Å². The van der Waals surface area contributed by atoms with Gasteiger partial charge in [0.25, 0.3) is 0 Å². The van der Waals surface area contributed by atoms with Crippen molar-refractivity contribution in [2.24, 2.45) is 5.92 Å². The van der Waals surface area contributed by atoms with Crippen LogP contribution in [0.2, 0.25) is 0 Å². The van der Waals surface area contributed by atoms with Crippen molar-refractivity contribution in [3.05, 3.63) is 17.0 Å². The van der Waals surface area contributed by atoms with Crippen molar-refractivity contribution in [2.75, 3.05) is 13.7 Å². The first kappa shape index (κ1) is 17.9. The summed E-state index contributed by atoms with van der Waals surface area (Å²) in [6.07, 6.45) is 2.14. The zero-order valence-corrected chi connectivity index (χ0v) is 14.6. The van der Waals surface area contributed by atoms with Crippen molar-refractivity contribution in [2.45, 2.75) is 65.2 Å². The third kappa shape index (κ3) is 4.32. The summed E-state index contributed by atoms with van der Waals surface area (Å²) in [6, 6.07) is 0. The number of hydrogen-bond donors (Lipinski definition) is 2. The van der Waals surface area contributed by atoms with Gasteiger partial charge in [-0.05, 0) is 52.0 Å². The molecular formula is C17H29N3O3. The minimum atomic E-state index is -0.446. The molecule has 1 heterocycles. The molecule has 0 spiro atoms. The molecule has 0 bridgehead atoms. The smallest absolute Gasteiger partial charge is 0.223 e. The van der Waals surface area contributed by atoms with Gasteiger partial charge in [-0.15, -0.1) is 0 Å². The van der Waals surface area contributed by atoms with Crippen molar-refractivity contribution in [1.29, 1.82) is 0 Å². The van der Waals surface area contributed by atoms with Crippen LogP contribution in [0.4, 0.5) is 0 Å². The fourth-order valence-corrected chi connectivity index (χ4v) is 3.19. The average Bonchev–Trinajstić information content (AvgIpc) is 2.79. The van der Waals surface area contributed by atoms with E-state index in [1.54, 1.807) is 7.11 Å². The van der Waals surface area contributed by atoms with Crippen LogP contribution in [0.1, 0.15) is 42.6 Å². The van der Waals surface area contributed by atoms with Crippen LogP contribution in [0, 0.1) is 26.7 Å². The number of nitrogens with zero attached hydrogens (tertiary/aromatic N) is 2. The Morgan fingerprint density at radius 3 is 2.74 bits per heavy atom. The number of carbonyl (C=O) groups excluding carboxylic acids is 1. The first-order valence-corrected chi connectivity index (χ1v) is 8.43. The van der Waals surface area contributed by atoms with Gasteiger partial charge in [-0.1, -0.05) is 0 Å². The predicted octanol–water partition coefficient (Wildman–Crippen LogP) is 1.49. The number of aryl methyl sites for hydroxylation is 2. The fourth-order valence-electron chi connectivity index (χ4n) is 3.19. The maximum absolute atomic E-state index is 12.2. The van der Waals surface area contributed by atoms with E-state index in [1.807, 2.05) is 11.6 Å². The lowest BCUT2D eigenvalue weighted by Crippen LogP contribution is -2.41. The summed E-state index contributed by atoms with van der Waals surface area (Å²) in [5, 5.41) is 17.3. The first-order valence-electron chi connectivity index (χ1n) is 8.43. The van der Waals surface area contributed by atoms with Gasteiger partial charge in [-0.25, -0.2) is 0 Å². The molecule has 3 atom stereocenters. The molecule has 1 aromatic heterocycles. The molecule has 1 aliphatic carbocycles. The van der Waals surface area contributed by atoms with Crippen LogP contribution in [-0.4, -0.2) is 46.7 Å². The Bertz CT molecular complexity index is 541. The number of aliphatic hydroxyl groups excluding tert-OH is 1. The summed E-state index contributed by atoms with van der Waals surface area (Å²) in [6.45, 7) is 7.63. The van der Waals surface area contributed by atoms with E-state index in [9.17, 15) is 9.90 Å². The molecule has 0 unspecified atom stereocenters. The number of methoxy groups -OCH3 is 1. The molecule has 1 amide bonds. The van der Waals surface area contributed by atoms with Gasteiger partial charge in [0, 0.05) is 31.8 Å². The number of aliphatic hydroxyl groups is 1. The number of rotatable bonds is 6. The summed E-state index contributed by atoms with van der Waals surface area (Å²) in [7, 11) is 1.59. The molecule has 2 N–H and O–H groups in total. The lowest BCUT2D eigenvalue weighted by atomic mass is 9.84. The number of amides is 1. The van der Waals surface area contributed by atoms with Crippen molar-refractivity contribution in [1.82, 2.24) is 15.1 Å². The van der Waals surface area contributed by atoms with E-state index in [0.717, 1.165) is 25.1 Å². The van der Waals surface area contributed by atoms with Gasteiger partial charge in [0.05, 0.1) is 17.9 Å². The van der Waals surface area contributed by atoms with Crippen molar-refractivity contribution < 1.29 is 14.6 Å². The van der Waals surface area contributed by atoms with E-state index in [1.165, 1.54) is 11.3 Å². The SMILES string of the molecule is CO[C@@H]1C[C@H](C(=O)NCCCn2nc(C)c(C)c2C)CC[C@@H]1O. The van der Waals surface area contributed by atoms with Crippen LogP contribution < -0.4 is 5.32 Å². The van der Waals surface area contributed by atoms with E-state index in [2.05, 4.69) is 24.3 Å². The summed E-state index contributed by atoms with van der Waals surface area (Å²) in [5.41, 5.74) is 3.50. The van der Waals surface area contributed by atoms with Gasteiger partial charge in [-0.3, -0.25) is 9.48 Å². The summed E-state index contributed by atoms with van der Waals surface area (Å²) >= 11 is 0. The highest BCUT2D eigenvalue weighted by Crippen LogP contribution is 2.26. The molecule has 1 saturated carbocycles. The first-order chi connectivity index (χ1) is 10.9. The molecule has 2 rings (SSSR count). The van der Waals surface area contributed by atoms with E-state index >= 15 is 0 Å². The molecule has 1 aromatic rings. The van der Waals surface area contributed by atoms with Gasteiger partial charge in [-0.2, -0.15) is 5.10 Å². The Hall–Kier alpha value is -1.40. The Balaban J connectivity index is 1.73. The topological polar surface area (TPSA) is 76.4 Å². The van der Waals surface area contributed by atoms with Gasteiger partial charge < -0.3 is 15.2 Å². The second kappa shape index (κ2) is 7.93. The molecule has 23 heavy (non-hydrogen) atoms. The van der Waals surface area contributed by atoms with Gasteiger partial charge in [0.1, 0.15) is 0 Å². The highest BCUT2D eigenvalue weighted by atomic mass is 16.5. The molecule has 6 nitrogen and oxygen atoms in total. The Morgan fingerprint density at radius 1 is 1.39 bits per heavy atom. The lowest BCUT2D eigenvalue weighted by Gasteiger charge is -2.31. The maximum atomic E-state index is 12.2. The number of ether oxygens (including phenoxy) is 1. The van der Waals surface area contributed by atoms with Crippen LogP contribution in [0.3, 0.4) is 0 Å². The molecule has 0 saturated heterocycles. The lowest BCUT2D eigenvalue weighted by molar-refractivity contribution is -0.130. The Kier molecular flexibility index (Phi) is 6.18. The zero-order chi connectivity index (χ0) is 17.0. The summed E-state index contributed by atoms with van der Waals surface area (Å²) in [5.74, 6) is 0.0165.